The van der Waals surface area contributed by atoms with E-state index in [1.807, 2.05) is 6.92 Å². The van der Waals surface area contributed by atoms with Gasteiger partial charge < -0.3 is 19.9 Å². The van der Waals surface area contributed by atoms with E-state index in [2.05, 4.69) is 12.2 Å². The molecule has 2 N–H and O–H groups in total. The standard InChI is InChI=1S/C10H23NO3/c1-8(9(2)14-4)11-10(5-6-12)7-13-3/h8-12H,5-7H2,1-4H3. The molecule has 0 bridgehead atoms. The average molecular weight is 205 g/mol. The first-order chi connectivity index (χ1) is 6.65. The van der Waals surface area contributed by atoms with Crippen LogP contribution < -0.4 is 5.32 Å². The lowest BCUT2D eigenvalue weighted by molar-refractivity contribution is 0.0718. The van der Waals surface area contributed by atoms with Crippen LogP contribution in [0.4, 0.5) is 0 Å². The number of methoxy groups -OCH3 is 2. The van der Waals surface area contributed by atoms with Crippen LogP contribution in [0.3, 0.4) is 0 Å². The molecule has 0 heterocycles. The zero-order chi connectivity index (χ0) is 11.0. The number of aliphatic hydroxyl groups excluding tert-OH is 1. The SMILES string of the molecule is COCC(CCO)NC(C)C(C)OC. The first-order valence-electron chi connectivity index (χ1n) is 5.04. The third kappa shape index (κ3) is 5.54. The minimum atomic E-state index is 0.160. The highest BCUT2D eigenvalue weighted by Gasteiger charge is 2.15. The molecule has 0 aromatic heterocycles. The van der Waals surface area contributed by atoms with E-state index >= 15 is 0 Å². The maximum atomic E-state index is 8.85. The van der Waals surface area contributed by atoms with E-state index in [0.29, 0.717) is 13.0 Å². The van der Waals surface area contributed by atoms with E-state index in [4.69, 9.17) is 14.6 Å². The monoisotopic (exact) mass is 205 g/mol. The highest BCUT2D eigenvalue weighted by atomic mass is 16.5. The Hall–Kier alpha value is -0.160. The Balaban J connectivity index is 3.87. The number of ether oxygens (including phenoxy) is 2. The number of aliphatic hydroxyl groups is 1. The van der Waals surface area contributed by atoms with Gasteiger partial charge in [0.2, 0.25) is 0 Å². The Morgan fingerprint density at radius 2 is 1.93 bits per heavy atom. The van der Waals surface area contributed by atoms with Gasteiger partial charge in [-0.2, -0.15) is 0 Å². The molecule has 0 aromatic rings. The Kier molecular flexibility index (Phi) is 8.08. The van der Waals surface area contributed by atoms with Crippen LogP contribution in [0, 0.1) is 0 Å². The zero-order valence-corrected chi connectivity index (χ0v) is 9.62. The smallest absolute Gasteiger partial charge is 0.0693 e. The van der Waals surface area contributed by atoms with Gasteiger partial charge in [0.15, 0.2) is 0 Å². The van der Waals surface area contributed by atoms with Crippen molar-refractivity contribution in [1.29, 1.82) is 0 Å². The van der Waals surface area contributed by atoms with Crippen molar-refractivity contribution in [2.75, 3.05) is 27.4 Å². The molecule has 3 unspecified atom stereocenters. The maximum absolute atomic E-state index is 8.85. The fourth-order valence-corrected chi connectivity index (χ4v) is 1.28. The second kappa shape index (κ2) is 8.17. The van der Waals surface area contributed by atoms with Gasteiger partial charge in [-0.25, -0.2) is 0 Å². The second-order valence-electron chi connectivity index (χ2n) is 3.56. The summed E-state index contributed by atoms with van der Waals surface area (Å²) in [7, 11) is 3.36. The third-order valence-electron chi connectivity index (χ3n) is 2.42. The number of nitrogens with one attached hydrogen (secondary N) is 1. The lowest BCUT2D eigenvalue weighted by Crippen LogP contribution is -2.45. The Bertz CT molecular complexity index is 127. The minimum absolute atomic E-state index is 0.160. The normalized spacial score (nSPS) is 17.8. The molecule has 3 atom stereocenters. The summed E-state index contributed by atoms with van der Waals surface area (Å²) in [6.07, 6.45) is 0.863. The number of hydrogen-bond donors (Lipinski definition) is 2. The van der Waals surface area contributed by atoms with Gasteiger partial charge in [-0.1, -0.05) is 0 Å². The first kappa shape index (κ1) is 13.8. The summed E-state index contributed by atoms with van der Waals surface area (Å²) in [5, 5.41) is 12.2. The molecule has 0 aliphatic heterocycles. The fraction of sp³-hybridized carbons (Fsp3) is 1.00. The number of rotatable bonds is 8. The van der Waals surface area contributed by atoms with Crippen molar-refractivity contribution in [3.63, 3.8) is 0 Å². The Labute approximate surface area is 86.6 Å². The van der Waals surface area contributed by atoms with Crippen molar-refractivity contribution >= 4 is 0 Å². The molecule has 0 saturated heterocycles. The largest absolute Gasteiger partial charge is 0.396 e. The molecule has 0 radical (unpaired) electrons. The van der Waals surface area contributed by atoms with Crippen molar-refractivity contribution in [3.05, 3.63) is 0 Å². The predicted molar refractivity (Wildman–Crippen MR) is 56.4 cm³/mol. The van der Waals surface area contributed by atoms with Crippen LogP contribution >= 0.6 is 0 Å². The Morgan fingerprint density at radius 1 is 1.29 bits per heavy atom. The summed E-state index contributed by atoms with van der Waals surface area (Å²) < 4.78 is 10.3. The second-order valence-corrected chi connectivity index (χ2v) is 3.56. The highest BCUT2D eigenvalue weighted by Crippen LogP contribution is 2.00. The summed E-state index contributed by atoms with van der Waals surface area (Å²) in [4.78, 5) is 0. The van der Waals surface area contributed by atoms with Crippen LogP contribution in [0.1, 0.15) is 20.3 Å². The van der Waals surface area contributed by atoms with Gasteiger partial charge in [-0.3, -0.25) is 0 Å². The zero-order valence-electron chi connectivity index (χ0n) is 9.62. The molecule has 0 aromatic carbocycles. The fourth-order valence-electron chi connectivity index (χ4n) is 1.28. The molecule has 4 nitrogen and oxygen atoms in total. The minimum Gasteiger partial charge on any atom is -0.396 e. The Morgan fingerprint density at radius 3 is 2.36 bits per heavy atom. The summed E-state index contributed by atoms with van der Waals surface area (Å²) in [6.45, 7) is 4.87. The first-order valence-corrected chi connectivity index (χ1v) is 5.04. The van der Waals surface area contributed by atoms with E-state index in [0.717, 1.165) is 0 Å². The van der Waals surface area contributed by atoms with Crippen molar-refractivity contribution in [2.24, 2.45) is 0 Å². The van der Waals surface area contributed by atoms with E-state index in [-0.39, 0.29) is 24.8 Å². The molecule has 0 amide bonds. The van der Waals surface area contributed by atoms with Gasteiger partial charge in [0.25, 0.3) is 0 Å². The van der Waals surface area contributed by atoms with Crippen LogP contribution in [-0.2, 0) is 9.47 Å². The van der Waals surface area contributed by atoms with Crippen molar-refractivity contribution < 1.29 is 14.6 Å². The van der Waals surface area contributed by atoms with E-state index < -0.39 is 0 Å². The van der Waals surface area contributed by atoms with E-state index in [9.17, 15) is 0 Å². The van der Waals surface area contributed by atoms with Crippen LogP contribution in [0.15, 0.2) is 0 Å². The summed E-state index contributed by atoms with van der Waals surface area (Å²) in [5.74, 6) is 0. The van der Waals surface area contributed by atoms with Crippen LogP contribution in [0.2, 0.25) is 0 Å². The van der Waals surface area contributed by atoms with E-state index in [1.165, 1.54) is 0 Å². The van der Waals surface area contributed by atoms with Crippen LogP contribution in [0.25, 0.3) is 0 Å². The molecule has 0 saturated carbocycles. The van der Waals surface area contributed by atoms with E-state index in [1.54, 1.807) is 14.2 Å². The molecular formula is C10H23NO3. The lowest BCUT2D eigenvalue weighted by Gasteiger charge is -2.25. The van der Waals surface area contributed by atoms with Gasteiger partial charge in [-0.15, -0.1) is 0 Å². The van der Waals surface area contributed by atoms with Crippen LogP contribution in [-0.4, -0.2) is 50.7 Å². The highest BCUT2D eigenvalue weighted by molar-refractivity contribution is 4.75. The maximum Gasteiger partial charge on any atom is 0.0693 e. The predicted octanol–water partition coefficient (Wildman–Crippen LogP) is 0.397. The molecule has 4 heteroatoms. The lowest BCUT2D eigenvalue weighted by atomic mass is 10.1. The molecule has 0 fully saturated rings. The van der Waals surface area contributed by atoms with Crippen molar-refractivity contribution in [3.8, 4) is 0 Å². The number of hydrogen-bond acceptors (Lipinski definition) is 4. The molecule has 0 rings (SSSR count). The van der Waals surface area contributed by atoms with Gasteiger partial charge >= 0.3 is 0 Å². The van der Waals surface area contributed by atoms with Crippen molar-refractivity contribution in [2.45, 2.75) is 38.5 Å². The van der Waals surface area contributed by atoms with Crippen molar-refractivity contribution in [1.82, 2.24) is 5.32 Å². The van der Waals surface area contributed by atoms with Gasteiger partial charge in [0.05, 0.1) is 12.7 Å². The average Bonchev–Trinajstić information content (AvgIpc) is 2.17. The molecule has 0 aliphatic carbocycles. The molecule has 0 aliphatic rings. The molecule has 0 spiro atoms. The molecule has 14 heavy (non-hydrogen) atoms. The molecule has 86 valence electrons. The summed E-state index contributed by atoms with van der Waals surface area (Å²) in [5.41, 5.74) is 0. The topological polar surface area (TPSA) is 50.7 Å². The quantitative estimate of drug-likeness (QED) is 0.602. The third-order valence-corrected chi connectivity index (χ3v) is 2.42. The summed E-state index contributed by atoms with van der Waals surface area (Å²) in [6, 6.07) is 0.448. The summed E-state index contributed by atoms with van der Waals surface area (Å²) >= 11 is 0. The van der Waals surface area contributed by atoms with Gasteiger partial charge in [-0.05, 0) is 20.3 Å². The van der Waals surface area contributed by atoms with Gasteiger partial charge in [0, 0.05) is 32.9 Å². The molecular weight excluding hydrogens is 182 g/mol. The van der Waals surface area contributed by atoms with Crippen LogP contribution in [0.5, 0.6) is 0 Å². The van der Waals surface area contributed by atoms with Gasteiger partial charge in [0.1, 0.15) is 0 Å².